The highest BCUT2D eigenvalue weighted by molar-refractivity contribution is 5.97. The Balaban J connectivity index is 2.23. The second-order valence-electron chi connectivity index (χ2n) is 5.51. The molecule has 7 nitrogen and oxygen atoms in total. The smallest absolute Gasteiger partial charge is 0.327 e. The van der Waals surface area contributed by atoms with Crippen LogP contribution in [0.15, 0.2) is 24.3 Å². The van der Waals surface area contributed by atoms with Gasteiger partial charge in [-0.2, -0.15) is 0 Å². The Kier molecular flexibility index (Phi) is 3.09. The molecule has 3 rings (SSSR count). The van der Waals surface area contributed by atoms with Crippen LogP contribution in [0.5, 0.6) is 5.75 Å². The summed E-state index contributed by atoms with van der Waals surface area (Å²) in [6, 6.07) is 5.69. The van der Waals surface area contributed by atoms with Crippen molar-refractivity contribution >= 4 is 17.9 Å². The number of fused-ring (bicyclic) bond motifs is 4. The van der Waals surface area contributed by atoms with Crippen molar-refractivity contribution in [2.75, 3.05) is 7.11 Å². The third-order valence-electron chi connectivity index (χ3n) is 4.12. The van der Waals surface area contributed by atoms with Gasteiger partial charge >= 0.3 is 12.0 Å². The molecule has 1 N–H and O–H groups in total. The average molecular weight is 304 g/mol. The number of hydrogen-bond donors (Lipinski definition) is 1. The van der Waals surface area contributed by atoms with Crippen LogP contribution in [0.3, 0.4) is 0 Å². The van der Waals surface area contributed by atoms with Gasteiger partial charge in [0.25, 0.3) is 0 Å². The van der Waals surface area contributed by atoms with Gasteiger partial charge in [0.1, 0.15) is 11.7 Å². The second-order valence-corrected chi connectivity index (χ2v) is 5.51. The minimum atomic E-state index is -1.27. The summed E-state index contributed by atoms with van der Waals surface area (Å²) in [5.74, 6) is -1.32. The minimum Gasteiger partial charge on any atom is -0.469 e. The molecule has 0 radical (unpaired) electrons. The number of nitrogens with one attached hydrogen (secondary N) is 1. The second kappa shape index (κ2) is 4.72. The Labute approximate surface area is 127 Å². The number of methoxy groups -OCH3 is 1. The zero-order valence-corrected chi connectivity index (χ0v) is 12.5. The van der Waals surface area contributed by atoms with Crippen molar-refractivity contribution in [3.8, 4) is 5.75 Å². The molecule has 1 aromatic rings. The summed E-state index contributed by atoms with van der Waals surface area (Å²) >= 11 is 0. The average Bonchev–Trinajstić information content (AvgIpc) is 2.44. The highest BCUT2D eigenvalue weighted by atomic mass is 16.5. The van der Waals surface area contributed by atoms with Crippen molar-refractivity contribution in [3.05, 3.63) is 29.8 Å². The molecule has 2 aliphatic rings. The quantitative estimate of drug-likeness (QED) is 0.788. The summed E-state index contributed by atoms with van der Waals surface area (Å²) in [5.41, 5.74) is -0.657. The first-order valence-corrected chi connectivity index (χ1v) is 6.87. The lowest BCUT2D eigenvalue weighted by molar-refractivity contribution is -0.167. The first-order valence-electron chi connectivity index (χ1n) is 6.87. The molecule has 1 fully saturated rings. The minimum absolute atomic E-state index is 0.449. The van der Waals surface area contributed by atoms with Crippen molar-refractivity contribution in [2.24, 2.45) is 5.92 Å². The highest BCUT2D eigenvalue weighted by Crippen LogP contribution is 2.48. The number of imide groups is 1. The van der Waals surface area contributed by atoms with Crippen molar-refractivity contribution in [2.45, 2.75) is 25.6 Å². The lowest BCUT2D eigenvalue weighted by Crippen LogP contribution is -2.71. The van der Waals surface area contributed by atoms with Gasteiger partial charge in [-0.25, -0.2) is 4.79 Å². The van der Waals surface area contributed by atoms with Gasteiger partial charge in [0, 0.05) is 12.5 Å². The van der Waals surface area contributed by atoms with Crippen LogP contribution in [0.2, 0.25) is 0 Å². The van der Waals surface area contributed by atoms with Gasteiger partial charge in [0.15, 0.2) is 5.72 Å². The van der Waals surface area contributed by atoms with Crippen molar-refractivity contribution < 1.29 is 23.9 Å². The normalized spacial score (nSPS) is 29.0. The topological polar surface area (TPSA) is 84.9 Å². The predicted molar refractivity (Wildman–Crippen MR) is 74.8 cm³/mol. The number of carbonyl (C=O) groups is 3. The van der Waals surface area contributed by atoms with Crippen LogP contribution in [0, 0.1) is 5.92 Å². The summed E-state index contributed by atoms with van der Waals surface area (Å²) in [6.45, 7) is 2.89. The Morgan fingerprint density at radius 3 is 2.68 bits per heavy atom. The standard InChI is InChI=1S/C15H16N2O5/c1-8(18)17-12-9-6-4-5-7-10(9)22-15(2,16-14(17)20)11(12)13(19)21-3/h4-7,11-12H,1-3H3,(H,16,20)/t11-,12+,15-/m0/s1. The molecule has 1 saturated heterocycles. The molecule has 0 unspecified atom stereocenters. The van der Waals surface area contributed by atoms with E-state index in [0.29, 0.717) is 11.3 Å². The van der Waals surface area contributed by atoms with E-state index in [9.17, 15) is 14.4 Å². The van der Waals surface area contributed by atoms with Crippen LogP contribution in [-0.4, -0.2) is 35.6 Å². The van der Waals surface area contributed by atoms with E-state index in [0.717, 1.165) is 4.90 Å². The van der Waals surface area contributed by atoms with Crippen molar-refractivity contribution in [1.29, 1.82) is 0 Å². The molecular formula is C15H16N2O5. The number of rotatable bonds is 1. The number of amides is 3. The number of esters is 1. The molecule has 2 aliphatic heterocycles. The maximum Gasteiger partial charge on any atom is 0.327 e. The number of ether oxygens (including phenoxy) is 2. The van der Waals surface area contributed by atoms with Gasteiger partial charge in [-0.05, 0) is 13.0 Å². The van der Waals surface area contributed by atoms with E-state index in [1.54, 1.807) is 31.2 Å². The predicted octanol–water partition coefficient (Wildman–Crippen LogP) is 1.20. The van der Waals surface area contributed by atoms with E-state index in [-0.39, 0.29) is 0 Å². The van der Waals surface area contributed by atoms with Crippen molar-refractivity contribution in [1.82, 2.24) is 10.2 Å². The Hall–Kier alpha value is -2.57. The molecule has 1 aromatic carbocycles. The fraction of sp³-hybridized carbons (Fsp3) is 0.400. The van der Waals surface area contributed by atoms with Crippen molar-refractivity contribution in [3.63, 3.8) is 0 Å². The molecule has 7 heteroatoms. The van der Waals surface area contributed by atoms with Gasteiger partial charge in [0.2, 0.25) is 5.91 Å². The molecule has 3 atom stereocenters. The molecule has 0 aliphatic carbocycles. The van der Waals surface area contributed by atoms with Crippen LogP contribution < -0.4 is 10.1 Å². The lowest BCUT2D eigenvalue weighted by atomic mass is 9.79. The molecule has 3 amide bonds. The third kappa shape index (κ3) is 1.85. The number of para-hydroxylation sites is 1. The Bertz CT molecular complexity index is 674. The van der Waals surface area contributed by atoms with Gasteiger partial charge in [-0.1, -0.05) is 18.2 Å². The summed E-state index contributed by atoms with van der Waals surface area (Å²) in [6.07, 6.45) is 0. The van der Waals surface area contributed by atoms with E-state index >= 15 is 0 Å². The van der Waals surface area contributed by atoms with Crippen LogP contribution in [-0.2, 0) is 14.3 Å². The lowest BCUT2D eigenvalue weighted by Gasteiger charge is -2.52. The molecule has 2 bridgehead atoms. The zero-order chi connectivity index (χ0) is 16.1. The fourth-order valence-corrected chi connectivity index (χ4v) is 3.20. The summed E-state index contributed by atoms with van der Waals surface area (Å²) in [5, 5.41) is 2.60. The molecule has 116 valence electrons. The fourth-order valence-electron chi connectivity index (χ4n) is 3.20. The number of benzene rings is 1. The van der Waals surface area contributed by atoms with Gasteiger partial charge in [-0.15, -0.1) is 0 Å². The Morgan fingerprint density at radius 1 is 1.36 bits per heavy atom. The monoisotopic (exact) mass is 304 g/mol. The first kappa shape index (κ1) is 14.4. The SMILES string of the molecule is COC(=O)[C@@H]1[C@H]2c3ccccc3O[C@]1(C)NC(=O)N2C(C)=O. The number of hydrogen-bond acceptors (Lipinski definition) is 5. The van der Waals surface area contributed by atoms with E-state index in [1.807, 2.05) is 0 Å². The zero-order valence-electron chi connectivity index (χ0n) is 12.5. The van der Waals surface area contributed by atoms with Gasteiger partial charge < -0.3 is 9.47 Å². The van der Waals surface area contributed by atoms with E-state index < -0.39 is 35.6 Å². The van der Waals surface area contributed by atoms with Crippen LogP contribution >= 0.6 is 0 Å². The van der Waals surface area contributed by atoms with E-state index in [1.165, 1.54) is 14.0 Å². The summed E-state index contributed by atoms with van der Waals surface area (Å²) in [7, 11) is 1.27. The largest absolute Gasteiger partial charge is 0.469 e. The molecule has 0 aromatic heterocycles. The third-order valence-corrected chi connectivity index (χ3v) is 4.12. The summed E-state index contributed by atoms with van der Waals surface area (Å²) < 4.78 is 10.7. The Morgan fingerprint density at radius 2 is 2.05 bits per heavy atom. The van der Waals surface area contributed by atoms with Crippen LogP contribution in [0.4, 0.5) is 4.79 Å². The number of carbonyl (C=O) groups excluding carboxylic acids is 3. The molecular weight excluding hydrogens is 288 g/mol. The molecule has 22 heavy (non-hydrogen) atoms. The maximum absolute atomic E-state index is 12.3. The summed E-state index contributed by atoms with van der Waals surface area (Å²) in [4.78, 5) is 37.6. The van der Waals surface area contributed by atoms with Crippen LogP contribution in [0.1, 0.15) is 25.5 Å². The number of urea groups is 1. The number of nitrogens with zero attached hydrogens (tertiary/aromatic N) is 1. The molecule has 0 spiro atoms. The molecule has 2 heterocycles. The van der Waals surface area contributed by atoms with E-state index in [4.69, 9.17) is 9.47 Å². The van der Waals surface area contributed by atoms with Crippen LogP contribution in [0.25, 0.3) is 0 Å². The molecule has 0 saturated carbocycles. The van der Waals surface area contributed by atoms with Gasteiger partial charge in [-0.3, -0.25) is 19.8 Å². The maximum atomic E-state index is 12.3. The first-order chi connectivity index (χ1) is 10.4. The van der Waals surface area contributed by atoms with E-state index in [2.05, 4.69) is 5.32 Å². The highest BCUT2D eigenvalue weighted by Gasteiger charge is 2.60. The van der Waals surface area contributed by atoms with Gasteiger partial charge in [0.05, 0.1) is 13.2 Å².